The molecule has 0 amide bonds. The van der Waals surface area contributed by atoms with Crippen molar-refractivity contribution in [2.75, 3.05) is 26.4 Å². The Bertz CT molecular complexity index is 279. The van der Waals surface area contributed by atoms with Crippen LogP contribution in [-0.2, 0) is 9.47 Å². The minimum atomic E-state index is -0.425. The first kappa shape index (κ1) is 16.2. The van der Waals surface area contributed by atoms with Gasteiger partial charge in [0.15, 0.2) is 0 Å². The third-order valence-electron chi connectivity index (χ3n) is 4.61. The molecule has 4 nitrogen and oxygen atoms in total. The predicted octanol–water partition coefficient (Wildman–Crippen LogP) is 2.10. The highest BCUT2D eigenvalue weighted by Gasteiger charge is 2.28. The lowest BCUT2D eigenvalue weighted by molar-refractivity contribution is -0.0364. The van der Waals surface area contributed by atoms with Crippen molar-refractivity contribution in [3.63, 3.8) is 0 Å². The van der Waals surface area contributed by atoms with Crippen molar-refractivity contribution in [2.24, 2.45) is 5.92 Å². The molecule has 1 aliphatic carbocycles. The molecule has 118 valence electrons. The van der Waals surface area contributed by atoms with Crippen molar-refractivity contribution < 1.29 is 14.6 Å². The lowest BCUT2D eigenvalue weighted by Gasteiger charge is -2.35. The van der Waals surface area contributed by atoms with E-state index in [-0.39, 0.29) is 5.54 Å². The summed E-state index contributed by atoms with van der Waals surface area (Å²) in [6.07, 6.45) is 7.00. The summed E-state index contributed by atoms with van der Waals surface area (Å²) in [5.74, 6) is 0.766. The summed E-state index contributed by atoms with van der Waals surface area (Å²) in [5.41, 5.74) is 0.0125. The first-order valence-electron chi connectivity index (χ1n) is 8.20. The van der Waals surface area contributed by atoms with Gasteiger partial charge in [-0.1, -0.05) is 19.8 Å². The van der Waals surface area contributed by atoms with Crippen LogP contribution in [0.4, 0.5) is 0 Å². The van der Waals surface area contributed by atoms with Gasteiger partial charge in [-0.2, -0.15) is 0 Å². The largest absolute Gasteiger partial charge is 0.389 e. The SMILES string of the molecule is CC1CCCC(OCC(O)CNC2(C)CCCOC2)C1. The Hall–Kier alpha value is -0.160. The van der Waals surface area contributed by atoms with Crippen LogP contribution >= 0.6 is 0 Å². The second-order valence-corrected chi connectivity index (χ2v) is 6.98. The van der Waals surface area contributed by atoms with Crippen LogP contribution in [0.5, 0.6) is 0 Å². The van der Waals surface area contributed by atoms with Gasteiger partial charge in [0.05, 0.1) is 25.4 Å². The normalized spacial score (nSPS) is 36.8. The lowest BCUT2D eigenvalue weighted by Crippen LogP contribution is -2.51. The zero-order valence-electron chi connectivity index (χ0n) is 13.1. The highest BCUT2D eigenvalue weighted by molar-refractivity contribution is 4.86. The number of hydrogen-bond acceptors (Lipinski definition) is 4. The Morgan fingerprint density at radius 2 is 2.25 bits per heavy atom. The molecule has 0 aromatic carbocycles. The smallest absolute Gasteiger partial charge is 0.0898 e. The van der Waals surface area contributed by atoms with E-state index in [1.165, 1.54) is 12.8 Å². The summed E-state index contributed by atoms with van der Waals surface area (Å²) in [6.45, 7) is 7.09. The molecule has 0 bridgehead atoms. The minimum Gasteiger partial charge on any atom is -0.389 e. The maximum Gasteiger partial charge on any atom is 0.0898 e. The molecule has 2 rings (SSSR count). The highest BCUT2D eigenvalue weighted by Crippen LogP contribution is 2.25. The third-order valence-corrected chi connectivity index (χ3v) is 4.61. The van der Waals surface area contributed by atoms with Crippen LogP contribution in [0, 0.1) is 5.92 Å². The van der Waals surface area contributed by atoms with E-state index in [0.717, 1.165) is 44.8 Å². The van der Waals surface area contributed by atoms with Crippen molar-refractivity contribution in [3.05, 3.63) is 0 Å². The van der Waals surface area contributed by atoms with Gasteiger partial charge in [-0.3, -0.25) is 0 Å². The average molecular weight is 285 g/mol. The fourth-order valence-electron chi connectivity index (χ4n) is 3.27. The number of β-amino-alcohol motifs (C(OH)–C–C–N with tert-alkyl or cyclic N) is 1. The number of ether oxygens (including phenoxy) is 2. The molecular weight excluding hydrogens is 254 g/mol. The maximum absolute atomic E-state index is 10.1. The van der Waals surface area contributed by atoms with Gasteiger partial charge in [-0.25, -0.2) is 0 Å². The summed E-state index contributed by atoms with van der Waals surface area (Å²) in [6, 6.07) is 0. The summed E-state index contributed by atoms with van der Waals surface area (Å²) in [5, 5.41) is 13.5. The van der Waals surface area contributed by atoms with Gasteiger partial charge in [-0.15, -0.1) is 0 Å². The summed E-state index contributed by atoms with van der Waals surface area (Å²) < 4.78 is 11.4. The third kappa shape index (κ3) is 5.32. The summed E-state index contributed by atoms with van der Waals surface area (Å²) in [4.78, 5) is 0. The second kappa shape index (κ2) is 7.74. The van der Waals surface area contributed by atoms with Crippen molar-refractivity contribution >= 4 is 0 Å². The Morgan fingerprint density at radius 3 is 2.95 bits per heavy atom. The summed E-state index contributed by atoms with van der Waals surface area (Å²) >= 11 is 0. The van der Waals surface area contributed by atoms with Gasteiger partial charge in [0, 0.05) is 18.7 Å². The number of hydrogen-bond donors (Lipinski definition) is 2. The second-order valence-electron chi connectivity index (χ2n) is 6.98. The Kier molecular flexibility index (Phi) is 6.27. The highest BCUT2D eigenvalue weighted by atomic mass is 16.5. The van der Waals surface area contributed by atoms with Crippen molar-refractivity contribution in [2.45, 2.75) is 70.1 Å². The molecule has 0 spiro atoms. The van der Waals surface area contributed by atoms with E-state index in [1.54, 1.807) is 0 Å². The number of rotatable bonds is 6. The fraction of sp³-hybridized carbons (Fsp3) is 1.00. The molecule has 20 heavy (non-hydrogen) atoms. The van der Waals surface area contributed by atoms with Crippen LogP contribution in [0.25, 0.3) is 0 Å². The van der Waals surface area contributed by atoms with E-state index in [0.29, 0.717) is 19.3 Å². The molecule has 1 heterocycles. The van der Waals surface area contributed by atoms with Crippen LogP contribution in [-0.4, -0.2) is 49.2 Å². The van der Waals surface area contributed by atoms with Gasteiger partial charge < -0.3 is 19.9 Å². The van der Waals surface area contributed by atoms with Gasteiger partial charge in [0.1, 0.15) is 0 Å². The van der Waals surface area contributed by atoms with Crippen LogP contribution in [0.15, 0.2) is 0 Å². The molecule has 1 saturated carbocycles. The van der Waals surface area contributed by atoms with Crippen molar-refractivity contribution in [1.29, 1.82) is 0 Å². The molecule has 4 heteroatoms. The molecular formula is C16H31NO3. The zero-order chi connectivity index (χ0) is 14.4. The van der Waals surface area contributed by atoms with Crippen LogP contribution < -0.4 is 5.32 Å². The lowest BCUT2D eigenvalue weighted by atomic mass is 9.89. The molecule has 2 N–H and O–H groups in total. The van der Waals surface area contributed by atoms with E-state index in [4.69, 9.17) is 9.47 Å². The first-order valence-corrected chi connectivity index (χ1v) is 8.20. The van der Waals surface area contributed by atoms with Gasteiger partial charge >= 0.3 is 0 Å². The Morgan fingerprint density at radius 1 is 1.40 bits per heavy atom. The molecule has 1 saturated heterocycles. The van der Waals surface area contributed by atoms with E-state index in [1.807, 2.05) is 0 Å². The standard InChI is InChI=1S/C16H31NO3/c1-13-5-3-6-15(9-13)20-11-14(18)10-17-16(2)7-4-8-19-12-16/h13-15,17-18H,3-12H2,1-2H3. The molecule has 0 aromatic rings. The zero-order valence-corrected chi connectivity index (χ0v) is 13.1. The van der Waals surface area contributed by atoms with Crippen LogP contribution in [0.3, 0.4) is 0 Å². The quantitative estimate of drug-likeness (QED) is 0.785. The number of nitrogens with one attached hydrogen (secondary N) is 1. The molecule has 2 fully saturated rings. The average Bonchev–Trinajstić information content (AvgIpc) is 2.44. The van der Waals surface area contributed by atoms with Gasteiger partial charge in [0.2, 0.25) is 0 Å². The van der Waals surface area contributed by atoms with E-state index in [9.17, 15) is 5.11 Å². The fourth-order valence-corrected chi connectivity index (χ4v) is 3.27. The molecule has 4 atom stereocenters. The van der Waals surface area contributed by atoms with Crippen LogP contribution in [0.2, 0.25) is 0 Å². The van der Waals surface area contributed by atoms with Gasteiger partial charge in [-0.05, 0) is 38.5 Å². The molecule has 4 unspecified atom stereocenters. The predicted molar refractivity (Wildman–Crippen MR) is 79.8 cm³/mol. The van der Waals surface area contributed by atoms with E-state index < -0.39 is 6.10 Å². The van der Waals surface area contributed by atoms with Crippen molar-refractivity contribution in [3.8, 4) is 0 Å². The molecule has 0 radical (unpaired) electrons. The van der Waals surface area contributed by atoms with Crippen molar-refractivity contribution in [1.82, 2.24) is 5.32 Å². The monoisotopic (exact) mass is 285 g/mol. The molecule has 0 aromatic heterocycles. The van der Waals surface area contributed by atoms with E-state index >= 15 is 0 Å². The Labute approximate surface area is 123 Å². The molecule has 1 aliphatic heterocycles. The number of aliphatic hydroxyl groups excluding tert-OH is 1. The Balaban J connectivity index is 1.61. The minimum absolute atomic E-state index is 0.0125. The number of aliphatic hydroxyl groups is 1. The first-order chi connectivity index (χ1) is 9.57. The van der Waals surface area contributed by atoms with Crippen LogP contribution in [0.1, 0.15) is 52.4 Å². The summed E-state index contributed by atoms with van der Waals surface area (Å²) in [7, 11) is 0. The molecule has 2 aliphatic rings. The topological polar surface area (TPSA) is 50.7 Å². The maximum atomic E-state index is 10.1. The van der Waals surface area contributed by atoms with E-state index in [2.05, 4.69) is 19.2 Å². The van der Waals surface area contributed by atoms with Gasteiger partial charge in [0.25, 0.3) is 0 Å².